The first-order valence-electron chi connectivity index (χ1n) is 7.53. The molecule has 1 N–H and O–H groups in total. The zero-order valence-electron chi connectivity index (χ0n) is 12.8. The molecule has 0 atom stereocenters. The summed E-state index contributed by atoms with van der Waals surface area (Å²) in [7, 11) is 0. The molecule has 0 aromatic heterocycles. The van der Waals surface area contributed by atoms with Crippen molar-refractivity contribution in [3.05, 3.63) is 57.1 Å². The number of anilines is 1. The molecule has 2 nitrogen and oxygen atoms in total. The van der Waals surface area contributed by atoms with Crippen molar-refractivity contribution in [1.82, 2.24) is 0 Å². The van der Waals surface area contributed by atoms with Crippen LogP contribution < -0.4 is 5.32 Å². The molecule has 0 bridgehead atoms. The first-order chi connectivity index (χ1) is 11.0. The van der Waals surface area contributed by atoms with E-state index in [1.165, 1.54) is 35.7 Å². The van der Waals surface area contributed by atoms with Gasteiger partial charge in [-0.2, -0.15) is 0 Å². The van der Waals surface area contributed by atoms with E-state index in [1.54, 1.807) is 6.07 Å². The lowest BCUT2D eigenvalue weighted by Crippen LogP contribution is -2.15. The zero-order chi connectivity index (χ0) is 16.4. The number of amides is 1. The second-order valence-electron chi connectivity index (χ2n) is 5.67. The molecule has 1 aliphatic carbocycles. The molecular formula is C18H17Cl2NOS. The molecule has 0 saturated carbocycles. The maximum absolute atomic E-state index is 12.2. The number of hydrogen-bond donors (Lipinski definition) is 1. The average Bonchev–Trinajstić information content (AvgIpc) is 3.01. The number of carbonyl (C=O) groups excluding carboxylic acids is 1. The monoisotopic (exact) mass is 365 g/mol. The number of nitrogens with one attached hydrogen (secondary N) is 1. The number of hydrogen-bond acceptors (Lipinski definition) is 2. The van der Waals surface area contributed by atoms with Gasteiger partial charge in [-0.3, -0.25) is 4.79 Å². The molecule has 120 valence electrons. The van der Waals surface area contributed by atoms with E-state index in [0.29, 0.717) is 21.5 Å². The summed E-state index contributed by atoms with van der Waals surface area (Å²) in [5, 5.41) is 3.77. The van der Waals surface area contributed by atoms with Gasteiger partial charge in [-0.15, -0.1) is 11.8 Å². The van der Waals surface area contributed by atoms with Crippen molar-refractivity contribution in [3.8, 4) is 0 Å². The minimum absolute atomic E-state index is 0.107. The second kappa shape index (κ2) is 7.16. The number of carbonyl (C=O) groups is 1. The van der Waals surface area contributed by atoms with Gasteiger partial charge in [0.25, 0.3) is 0 Å². The average molecular weight is 366 g/mol. The van der Waals surface area contributed by atoms with Gasteiger partial charge in [0.2, 0.25) is 5.91 Å². The summed E-state index contributed by atoms with van der Waals surface area (Å²) < 4.78 is 0. The summed E-state index contributed by atoms with van der Waals surface area (Å²) in [6.07, 6.45) is 3.55. The highest BCUT2D eigenvalue weighted by Gasteiger charge is 2.14. The lowest BCUT2D eigenvalue weighted by molar-refractivity contribution is -0.113. The maximum atomic E-state index is 12.2. The fourth-order valence-electron chi connectivity index (χ4n) is 2.73. The Balaban J connectivity index is 1.63. The second-order valence-corrected chi connectivity index (χ2v) is 7.51. The Labute approximate surface area is 150 Å². The molecule has 23 heavy (non-hydrogen) atoms. The quantitative estimate of drug-likeness (QED) is 0.722. The molecule has 0 spiro atoms. The van der Waals surface area contributed by atoms with Crippen LogP contribution in [0.5, 0.6) is 0 Å². The summed E-state index contributed by atoms with van der Waals surface area (Å²) in [4.78, 5) is 13.3. The van der Waals surface area contributed by atoms with Crippen LogP contribution in [0.1, 0.15) is 23.1 Å². The van der Waals surface area contributed by atoms with E-state index in [-0.39, 0.29) is 5.91 Å². The largest absolute Gasteiger partial charge is 0.323 e. The molecule has 1 aliphatic rings. The predicted molar refractivity (Wildman–Crippen MR) is 99.0 cm³/mol. The van der Waals surface area contributed by atoms with Crippen LogP contribution in [0, 0.1) is 6.92 Å². The summed E-state index contributed by atoms with van der Waals surface area (Å²) in [5.74, 6) is 0.226. The Kier molecular flexibility index (Phi) is 5.20. The van der Waals surface area contributed by atoms with E-state index in [9.17, 15) is 4.79 Å². The number of benzene rings is 2. The Morgan fingerprint density at radius 1 is 1.17 bits per heavy atom. The van der Waals surface area contributed by atoms with E-state index in [1.807, 2.05) is 13.0 Å². The highest BCUT2D eigenvalue weighted by molar-refractivity contribution is 8.00. The lowest BCUT2D eigenvalue weighted by atomic mass is 10.1. The molecule has 0 fully saturated rings. The molecule has 0 heterocycles. The van der Waals surface area contributed by atoms with Crippen LogP contribution in [0.3, 0.4) is 0 Å². The number of fused-ring (bicyclic) bond motifs is 1. The molecule has 0 aliphatic heterocycles. The van der Waals surface area contributed by atoms with Crippen molar-refractivity contribution < 1.29 is 4.79 Å². The van der Waals surface area contributed by atoms with Gasteiger partial charge in [-0.1, -0.05) is 35.3 Å². The van der Waals surface area contributed by atoms with Gasteiger partial charge < -0.3 is 5.32 Å². The Morgan fingerprint density at radius 3 is 2.78 bits per heavy atom. The Morgan fingerprint density at radius 2 is 1.96 bits per heavy atom. The van der Waals surface area contributed by atoms with E-state index in [2.05, 4.69) is 23.5 Å². The van der Waals surface area contributed by atoms with E-state index in [0.717, 1.165) is 16.9 Å². The van der Waals surface area contributed by atoms with Gasteiger partial charge in [-0.05, 0) is 61.1 Å². The van der Waals surface area contributed by atoms with Gasteiger partial charge >= 0.3 is 0 Å². The summed E-state index contributed by atoms with van der Waals surface area (Å²) >= 11 is 13.9. The molecule has 2 aromatic carbocycles. The minimum atomic E-state index is -0.107. The third kappa shape index (κ3) is 3.85. The van der Waals surface area contributed by atoms with Crippen LogP contribution in [-0.4, -0.2) is 11.7 Å². The molecule has 0 radical (unpaired) electrons. The van der Waals surface area contributed by atoms with E-state index < -0.39 is 0 Å². The van der Waals surface area contributed by atoms with Crippen LogP contribution >= 0.6 is 35.0 Å². The van der Waals surface area contributed by atoms with Gasteiger partial charge in [0, 0.05) is 4.90 Å². The van der Waals surface area contributed by atoms with Crippen LogP contribution in [0.2, 0.25) is 10.0 Å². The normalized spacial score (nSPS) is 13.0. The number of halogens is 2. The van der Waals surface area contributed by atoms with E-state index >= 15 is 0 Å². The minimum Gasteiger partial charge on any atom is -0.323 e. The third-order valence-corrected chi connectivity index (χ3v) is 5.78. The lowest BCUT2D eigenvalue weighted by Gasteiger charge is -2.11. The van der Waals surface area contributed by atoms with Crippen molar-refractivity contribution in [2.75, 3.05) is 11.1 Å². The number of rotatable bonds is 4. The van der Waals surface area contributed by atoms with Crippen molar-refractivity contribution >= 4 is 46.6 Å². The van der Waals surface area contributed by atoms with Crippen LogP contribution in [-0.2, 0) is 17.6 Å². The van der Waals surface area contributed by atoms with Gasteiger partial charge in [-0.25, -0.2) is 0 Å². The molecule has 2 aromatic rings. The highest BCUT2D eigenvalue weighted by atomic mass is 35.5. The SMILES string of the molecule is Cc1ccc(Cl)c(NC(=O)CSc2ccc3c(c2)CCC3)c1Cl. The maximum Gasteiger partial charge on any atom is 0.234 e. The van der Waals surface area contributed by atoms with Crippen molar-refractivity contribution in [3.63, 3.8) is 0 Å². The fraction of sp³-hybridized carbons (Fsp3) is 0.278. The molecule has 3 rings (SSSR count). The van der Waals surface area contributed by atoms with Crippen LogP contribution in [0.25, 0.3) is 0 Å². The van der Waals surface area contributed by atoms with Crippen LogP contribution in [0.15, 0.2) is 35.2 Å². The standard InChI is InChI=1S/C18H17Cl2NOS/c1-11-5-8-15(19)18(17(11)20)21-16(22)10-23-14-7-6-12-3-2-4-13(12)9-14/h5-9H,2-4,10H2,1H3,(H,21,22). The van der Waals surface area contributed by atoms with Crippen LogP contribution in [0.4, 0.5) is 5.69 Å². The topological polar surface area (TPSA) is 29.1 Å². The molecule has 0 saturated heterocycles. The summed E-state index contributed by atoms with van der Waals surface area (Å²) in [6.45, 7) is 1.88. The number of aryl methyl sites for hydroxylation is 3. The first-order valence-corrected chi connectivity index (χ1v) is 9.28. The van der Waals surface area contributed by atoms with Gasteiger partial charge in [0.15, 0.2) is 0 Å². The molecule has 1 amide bonds. The smallest absolute Gasteiger partial charge is 0.234 e. The van der Waals surface area contributed by atoms with Crippen molar-refractivity contribution in [2.24, 2.45) is 0 Å². The number of thioether (sulfide) groups is 1. The van der Waals surface area contributed by atoms with E-state index in [4.69, 9.17) is 23.2 Å². The molecule has 0 unspecified atom stereocenters. The fourth-order valence-corrected chi connectivity index (χ4v) is 3.96. The first kappa shape index (κ1) is 16.7. The third-order valence-electron chi connectivity index (χ3n) is 3.99. The van der Waals surface area contributed by atoms with Crippen molar-refractivity contribution in [1.29, 1.82) is 0 Å². The summed E-state index contributed by atoms with van der Waals surface area (Å²) in [6, 6.07) is 10.0. The van der Waals surface area contributed by atoms with Crippen molar-refractivity contribution in [2.45, 2.75) is 31.1 Å². The highest BCUT2D eigenvalue weighted by Crippen LogP contribution is 2.33. The molecular weight excluding hydrogens is 349 g/mol. The Bertz CT molecular complexity index is 761. The Hall–Kier alpha value is -1.16. The zero-order valence-corrected chi connectivity index (χ0v) is 15.1. The van der Waals surface area contributed by atoms with Gasteiger partial charge in [0.1, 0.15) is 0 Å². The predicted octanol–water partition coefficient (Wildman–Crippen LogP) is 5.52. The molecule has 5 heteroatoms. The van der Waals surface area contributed by atoms with Gasteiger partial charge in [0.05, 0.1) is 21.5 Å². The summed E-state index contributed by atoms with van der Waals surface area (Å²) in [5.41, 5.74) is 4.24.